The quantitative estimate of drug-likeness (QED) is 0.737. The van der Waals surface area contributed by atoms with Crippen LogP contribution in [0.3, 0.4) is 0 Å². The molecule has 112 valence electrons. The number of hydrogen-bond acceptors (Lipinski definition) is 3. The number of nitrogens with zero attached hydrogens (tertiary/aromatic N) is 3. The number of carbonyl (C=O) groups is 1. The van der Waals surface area contributed by atoms with Crippen LogP contribution < -0.4 is 10.6 Å². The third-order valence-electron chi connectivity index (χ3n) is 3.29. The number of amides is 2. The number of fused-ring (bicyclic) bond motifs is 1. The van der Waals surface area contributed by atoms with Crippen LogP contribution in [-0.2, 0) is 0 Å². The summed E-state index contributed by atoms with van der Waals surface area (Å²) in [6.07, 6.45) is 3.71. The van der Waals surface area contributed by atoms with E-state index in [1.807, 2.05) is 59.1 Å². The molecule has 0 bridgehead atoms. The number of rotatable bonds is 5. The van der Waals surface area contributed by atoms with E-state index in [4.69, 9.17) is 5.73 Å². The zero-order valence-corrected chi connectivity index (χ0v) is 12.7. The molecule has 0 radical (unpaired) electrons. The number of benzene rings is 1. The van der Waals surface area contributed by atoms with Gasteiger partial charge in [-0.3, -0.25) is 9.30 Å². The molecule has 5 nitrogen and oxygen atoms in total. The summed E-state index contributed by atoms with van der Waals surface area (Å²) in [6.45, 7) is 0.551. The van der Waals surface area contributed by atoms with Gasteiger partial charge < -0.3 is 5.73 Å². The van der Waals surface area contributed by atoms with Crippen molar-refractivity contribution in [2.75, 3.05) is 17.2 Å². The highest BCUT2D eigenvalue weighted by Crippen LogP contribution is 2.20. The van der Waals surface area contributed by atoms with E-state index in [-0.39, 0.29) is 0 Å². The summed E-state index contributed by atoms with van der Waals surface area (Å²) in [5.74, 6) is 0.745. The van der Waals surface area contributed by atoms with Crippen LogP contribution in [0, 0.1) is 0 Å². The Labute approximate surface area is 132 Å². The Hall–Kier alpha value is -2.47. The van der Waals surface area contributed by atoms with Crippen molar-refractivity contribution in [3.63, 3.8) is 0 Å². The Balaban J connectivity index is 1.69. The number of pyridine rings is 1. The molecule has 0 spiro atoms. The number of anilines is 1. The minimum absolute atomic E-state index is 0.437. The van der Waals surface area contributed by atoms with E-state index in [9.17, 15) is 4.79 Å². The molecular weight excluding hydrogens is 296 g/mol. The fourth-order valence-electron chi connectivity index (χ4n) is 2.26. The maximum absolute atomic E-state index is 11.6. The molecule has 0 saturated carbocycles. The maximum Gasteiger partial charge on any atom is 0.319 e. The van der Waals surface area contributed by atoms with Gasteiger partial charge in [-0.15, -0.1) is 11.8 Å². The largest absolute Gasteiger partial charge is 0.351 e. The standard InChI is InChI=1S/C16H16N4OS/c17-16(21)19(13-5-2-1-3-6-13)11-12-22-15-8-4-7-14-18-9-10-20(14)15/h1-10H,11-12H2,(H2,17,21). The van der Waals surface area contributed by atoms with E-state index >= 15 is 0 Å². The molecule has 22 heavy (non-hydrogen) atoms. The molecule has 6 heteroatoms. The molecule has 3 aromatic rings. The van der Waals surface area contributed by atoms with Crippen molar-refractivity contribution >= 4 is 29.1 Å². The summed E-state index contributed by atoms with van der Waals surface area (Å²) in [7, 11) is 0. The topological polar surface area (TPSA) is 63.6 Å². The summed E-state index contributed by atoms with van der Waals surface area (Å²) < 4.78 is 2.03. The lowest BCUT2D eigenvalue weighted by molar-refractivity contribution is 0.254. The minimum Gasteiger partial charge on any atom is -0.351 e. The fraction of sp³-hybridized carbons (Fsp3) is 0.125. The number of thioether (sulfide) groups is 1. The van der Waals surface area contributed by atoms with Crippen molar-refractivity contribution in [3.05, 3.63) is 60.9 Å². The Kier molecular flexibility index (Phi) is 4.29. The normalized spacial score (nSPS) is 10.7. The molecule has 1 aromatic carbocycles. The predicted octanol–water partition coefficient (Wildman–Crippen LogP) is 3.01. The molecule has 0 aliphatic heterocycles. The van der Waals surface area contributed by atoms with Crippen molar-refractivity contribution in [3.8, 4) is 0 Å². The van der Waals surface area contributed by atoms with Crippen LogP contribution in [0.15, 0.2) is 66.0 Å². The molecule has 0 aliphatic carbocycles. The second-order valence-corrected chi connectivity index (χ2v) is 5.81. The van der Waals surface area contributed by atoms with Crippen LogP contribution in [0.25, 0.3) is 5.65 Å². The first-order chi connectivity index (χ1) is 10.8. The van der Waals surface area contributed by atoms with Gasteiger partial charge in [0.2, 0.25) is 0 Å². The van der Waals surface area contributed by atoms with E-state index in [0.717, 1.165) is 22.1 Å². The van der Waals surface area contributed by atoms with Crippen LogP contribution in [0.1, 0.15) is 0 Å². The number of imidazole rings is 1. The monoisotopic (exact) mass is 312 g/mol. The van der Waals surface area contributed by atoms with Gasteiger partial charge in [-0.05, 0) is 24.3 Å². The molecule has 2 amide bonds. The van der Waals surface area contributed by atoms with E-state index in [1.165, 1.54) is 0 Å². The van der Waals surface area contributed by atoms with Gasteiger partial charge in [-0.1, -0.05) is 24.3 Å². The number of carbonyl (C=O) groups excluding carboxylic acids is 1. The average molecular weight is 312 g/mol. The average Bonchev–Trinajstić information content (AvgIpc) is 3.01. The highest BCUT2D eigenvalue weighted by Gasteiger charge is 2.12. The van der Waals surface area contributed by atoms with Gasteiger partial charge >= 0.3 is 6.03 Å². The van der Waals surface area contributed by atoms with E-state index in [1.54, 1.807) is 22.9 Å². The molecule has 0 saturated heterocycles. The molecule has 0 aliphatic rings. The molecular formula is C16H16N4OS. The van der Waals surface area contributed by atoms with Crippen LogP contribution in [0.5, 0.6) is 0 Å². The second kappa shape index (κ2) is 6.53. The smallest absolute Gasteiger partial charge is 0.319 e. The Morgan fingerprint density at radius 2 is 2.00 bits per heavy atom. The van der Waals surface area contributed by atoms with E-state index in [0.29, 0.717) is 6.54 Å². The predicted molar refractivity (Wildman–Crippen MR) is 89.3 cm³/mol. The Bertz CT molecular complexity index is 772. The first kappa shape index (κ1) is 14.5. The van der Waals surface area contributed by atoms with Gasteiger partial charge in [0.1, 0.15) is 5.65 Å². The van der Waals surface area contributed by atoms with Gasteiger partial charge in [0.15, 0.2) is 0 Å². The van der Waals surface area contributed by atoms with E-state index in [2.05, 4.69) is 4.98 Å². The number of hydrogen-bond donors (Lipinski definition) is 1. The zero-order valence-electron chi connectivity index (χ0n) is 11.9. The first-order valence-corrected chi connectivity index (χ1v) is 7.91. The molecule has 2 aromatic heterocycles. The lowest BCUT2D eigenvalue weighted by Crippen LogP contribution is -2.37. The first-order valence-electron chi connectivity index (χ1n) is 6.92. The van der Waals surface area contributed by atoms with E-state index < -0.39 is 6.03 Å². The Morgan fingerprint density at radius 1 is 1.18 bits per heavy atom. The van der Waals surface area contributed by atoms with Crippen molar-refractivity contribution < 1.29 is 4.79 Å². The molecule has 0 fully saturated rings. The van der Waals surface area contributed by atoms with Crippen LogP contribution in [0.4, 0.5) is 10.5 Å². The number of urea groups is 1. The number of para-hydroxylation sites is 1. The zero-order chi connectivity index (χ0) is 15.4. The molecule has 0 atom stereocenters. The summed E-state index contributed by atoms with van der Waals surface area (Å²) in [4.78, 5) is 17.5. The third kappa shape index (κ3) is 3.07. The third-order valence-corrected chi connectivity index (χ3v) is 4.30. The van der Waals surface area contributed by atoms with Gasteiger partial charge in [0, 0.05) is 30.4 Å². The summed E-state index contributed by atoms with van der Waals surface area (Å²) >= 11 is 1.67. The number of primary amides is 1. The van der Waals surface area contributed by atoms with Crippen molar-refractivity contribution in [2.24, 2.45) is 5.73 Å². The molecule has 3 rings (SSSR count). The lowest BCUT2D eigenvalue weighted by Gasteiger charge is -2.20. The van der Waals surface area contributed by atoms with Crippen LogP contribution in [0.2, 0.25) is 0 Å². The number of nitrogens with two attached hydrogens (primary N) is 1. The Morgan fingerprint density at radius 3 is 2.77 bits per heavy atom. The van der Waals surface area contributed by atoms with Gasteiger partial charge in [0.05, 0.1) is 5.03 Å². The number of aromatic nitrogens is 2. The highest BCUT2D eigenvalue weighted by atomic mass is 32.2. The summed E-state index contributed by atoms with van der Waals surface area (Å²) in [5, 5.41) is 1.09. The molecule has 0 unspecified atom stereocenters. The summed E-state index contributed by atoms with van der Waals surface area (Å²) in [5.41, 5.74) is 7.22. The van der Waals surface area contributed by atoms with Crippen molar-refractivity contribution in [1.29, 1.82) is 0 Å². The van der Waals surface area contributed by atoms with Crippen LogP contribution in [-0.4, -0.2) is 27.7 Å². The SMILES string of the molecule is NC(=O)N(CCSc1cccc2nccn12)c1ccccc1. The molecule has 2 N–H and O–H groups in total. The van der Waals surface area contributed by atoms with Crippen molar-refractivity contribution in [2.45, 2.75) is 5.03 Å². The fourth-order valence-corrected chi connectivity index (χ4v) is 3.21. The van der Waals surface area contributed by atoms with Crippen molar-refractivity contribution in [1.82, 2.24) is 9.38 Å². The van der Waals surface area contributed by atoms with Crippen LogP contribution >= 0.6 is 11.8 Å². The molecule has 2 heterocycles. The second-order valence-electron chi connectivity index (χ2n) is 4.69. The van der Waals surface area contributed by atoms with Gasteiger partial charge in [-0.25, -0.2) is 9.78 Å². The highest BCUT2D eigenvalue weighted by molar-refractivity contribution is 7.99. The summed E-state index contributed by atoms with van der Waals surface area (Å²) in [6, 6.07) is 15.0. The van der Waals surface area contributed by atoms with Gasteiger partial charge in [0.25, 0.3) is 0 Å². The minimum atomic E-state index is -0.437. The maximum atomic E-state index is 11.6. The van der Waals surface area contributed by atoms with Gasteiger partial charge in [-0.2, -0.15) is 0 Å². The lowest BCUT2D eigenvalue weighted by atomic mass is 10.3.